The average molecular weight is 1230 g/mol. The smallest absolute Gasteiger partial charge is 0.161 e. The molecular formula is C88H54N6S. The highest BCUT2D eigenvalue weighted by atomic mass is 32.1. The van der Waals surface area contributed by atoms with Crippen molar-refractivity contribution in [2.24, 2.45) is 0 Å². The summed E-state index contributed by atoms with van der Waals surface area (Å²) in [6.07, 6.45) is 3.93. The Morgan fingerprint density at radius 3 is 1.18 bits per heavy atom. The van der Waals surface area contributed by atoms with Crippen molar-refractivity contribution >= 4 is 107 Å². The molecule has 95 heavy (non-hydrogen) atoms. The van der Waals surface area contributed by atoms with Gasteiger partial charge >= 0.3 is 0 Å². The number of benzene rings is 14. The second-order valence-corrected chi connectivity index (χ2v) is 25.1. The monoisotopic (exact) mass is 1230 g/mol. The van der Waals surface area contributed by atoms with Crippen LogP contribution in [0.4, 0.5) is 0 Å². The second kappa shape index (κ2) is 23.4. The van der Waals surface area contributed by atoms with Gasteiger partial charge in [0.1, 0.15) is 0 Å². The van der Waals surface area contributed by atoms with Gasteiger partial charge in [-0.25, -0.2) is 19.9 Å². The van der Waals surface area contributed by atoms with E-state index in [9.17, 15) is 0 Å². The van der Waals surface area contributed by atoms with Crippen LogP contribution in [0.2, 0.25) is 0 Å². The van der Waals surface area contributed by atoms with E-state index in [4.69, 9.17) is 29.9 Å². The van der Waals surface area contributed by atoms with Crippen molar-refractivity contribution in [1.82, 2.24) is 29.9 Å². The molecular weight excluding hydrogens is 1170 g/mol. The first kappa shape index (κ1) is 55.4. The van der Waals surface area contributed by atoms with Gasteiger partial charge in [0.15, 0.2) is 11.6 Å². The van der Waals surface area contributed by atoms with Crippen molar-refractivity contribution in [3.8, 4) is 89.8 Å². The Morgan fingerprint density at radius 2 is 0.621 bits per heavy atom. The molecule has 0 bridgehead atoms. The molecule has 7 heteroatoms. The van der Waals surface area contributed by atoms with Crippen molar-refractivity contribution in [3.63, 3.8) is 0 Å². The highest BCUT2D eigenvalue weighted by Gasteiger charge is 2.21. The molecule has 19 rings (SSSR count). The van der Waals surface area contributed by atoms with Gasteiger partial charge in [-0.1, -0.05) is 267 Å². The first-order chi connectivity index (χ1) is 47.1. The van der Waals surface area contributed by atoms with Crippen LogP contribution in [0.15, 0.2) is 328 Å². The Morgan fingerprint density at radius 1 is 0.221 bits per heavy atom. The van der Waals surface area contributed by atoms with Gasteiger partial charge in [-0.2, -0.15) is 0 Å². The molecule has 0 unspecified atom stereocenters. The van der Waals surface area contributed by atoms with E-state index in [1.165, 1.54) is 48.1 Å². The lowest BCUT2D eigenvalue weighted by atomic mass is 9.92. The molecule has 0 aliphatic heterocycles. The summed E-state index contributed by atoms with van der Waals surface area (Å²) in [4.78, 5) is 30.4. The SMILES string of the molecule is c1ccc(-c2nc(-c3ccc(-c4cccc(-c5ccc6c(c5)ncc5ccccc56)c4)c4ccccc34)nc3c2sc2ccccc23)cc1.c1ccc(-c2nc(-c3ccc(-c4cccc(-c5ccc6c(c5)ncc5ccccc56)c4)c4ccccc34)nc3ccccc23)cc1. The van der Waals surface area contributed by atoms with Crippen molar-refractivity contribution < 1.29 is 0 Å². The predicted molar refractivity (Wildman–Crippen MR) is 399 cm³/mol. The Bertz CT molecular complexity index is 6240. The molecule has 0 aliphatic carbocycles. The maximum Gasteiger partial charge on any atom is 0.161 e. The summed E-state index contributed by atoms with van der Waals surface area (Å²) in [7, 11) is 0. The van der Waals surface area contributed by atoms with Crippen LogP contribution in [-0.2, 0) is 0 Å². The summed E-state index contributed by atoms with van der Waals surface area (Å²) >= 11 is 1.76. The molecule has 0 aliphatic rings. The van der Waals surface area contributed by atoms with Gasteiger partial charge in [-0.15, -0.1) is 11.3 Å². The number of aromatic nitrogens is 6. The topological polar surface area (TPSA) is 77.3 Å². The lowest BCUT2D eigenvalue weighted by Gasteiger charge is -2.14. The van der Waals surface area contributed by atoms with E-state index < -0.39 is 0 Å². The van der Waals surface area contributed by atoms with Crippen molar-refractivity contribution in [1.29, 1.82) is 0 Å². The van der Waals surface area contributed by atoms with Gasteiger partial charge < -0.3 is 0 Å². The third-order valence-corrected chi connectivity index (χ3v) is 19.6. The highest BCUT2D eigenvalue weighted by molar-refractivity contribution is 7.26. The fourth-order valence-corrected chi connectivity index (χ4v) is 15.0. The van der Waals surface area contributed by atoms with Crippen LogP contribution >= 0.6 is 11.3 Å². The van der Waals surface area contributed by atoms with Crippen LogP contribution in [-0.4, -0.2) is 29.9 Å². The molecule has 6 nitrogen and oxygen atoms in total. The van der Waals surface area contributed by atoms with E-state index in [1.54, 1.807) is 11.3 Å². The predicted octanol–water partition coefficient (Wildman–Crippen LogP) is 23.5. The molecule has 0 saturated carbocycles. The fraction of sp³-hybridized carbons (Fsp3) is 0. The molecule has 0 saturated heterocycles. The second-order valence-electron chi connectivity index (χ2n) is 24.0. The molecule has 0 radical (unpaired) electrons. The van der Waals surface area contributed by atoms with Crippen molar-refractivity contribution in [2.45, 2.75) is 0 Å². The summed E-state index contributed by atoms with van der Waals surface area (Å²) in [6.45, 7) is 0. The third kappa shape index (κ3) is 9.98. The Labute approximate surface area is 551 Å². The van der Waals surface area contributed by atoms with E-state index in [1.807, 2.05) is 36.7 Å². The number of thiophene rings is 1. The maximum atomic E-state index is 5.28. The zero-order valence-corrected chi connectivity index (χ0v) is 52.1. The van der Waals surface area contributed by atoms with E-state index in [-0.39, 0.29) is 0 Å². The summed E-state index contributed by atoms with van der Waals surface area (Å²) < 4.78 is 2.34. The number of nitrogens with zero attached hydrogens (tertiary/aromatic N) is 6. The third-order valence-electron chi connectivity index (χ3n) is 18.4. The van der Waals surface area contributed by atoms with Crippen LogP contribution in [0.5, 0.6) is 0 Å². The molecule has 0 fully saturated rings. The molecule has 19 aromatic rings. The quantitative estimate of drug-likeness (QED) is 0.141. The standard InChI is InChI=1S/C45H27N3S.C43H27N3/c1-2-11-28(12-3-1)42-44-43(39-19-8-9-20-41(39)49-44)48-45(47-42)38-24-23-34(35-17-6-7-18-36(35)38)31-15-10-14-29(25-31)30-21-22-37-33-16-5-4-13-32(33)27-46-40(37)26-30;1-2-11-28(12-3-1)42-39-19-8-9-20-40(39)45-43(46-42)38-24-23-34(35-17-6-7-18-36(35)38)31-15-10-14-29(25-31)30-21-22-37-33-16-5-4-13-32(33)27-44-41(37)26-30/h1-27H;1-27H. The Kier molecular flexibility index (Phi) is 13.6. The number of rotatable bonds is 8. The van der Waals surface area contributed by atoms with Gasteiger partial charge in [0.25, 0.3) is 0 Å². The van der Waals surface area contributed by atoms with Gasteiger partial charge in [-0.3, -0.25) is 9.97 Å². The molecule has 14 aromatic carbocycles. The Balaban J connectivity index is 0.000000139. The molecule has 5 aromatic heterocycles. The summed E-state index contributed by atoms with van der Waals surface area (Å²) in [5, 5.41) is 13.9. The van der Waals surface area contributed by atoms with E-state index in [0.29, 0.717) is 0 Å². The highest BCUT2D eigenvalue weighted by Crippen LogP contribution is 2.44. The lowest BCUT2D eigenvalue weighted by Crippen LogP contribution is -1.96. The fourth-order valence-electron chi connectivity index (χ4n) is 13.8. The minimum absolute atomic E-state index is 0.727. The van der Waals surface area contributed by atoms with Gasteiger partial charge in [0.05, 0.1) is 38.2 Å². The first-order valence-electron chi connectivity index (χ1n) is 32.0. The van der Waals surface area contributed by atoms with Crippen LogP contribution in [0.1, 0.15) is 0 Å². The number of pyridine rings is 2. The summed E-state index contributed by atoms with van der Waals surface area (Å²) in [5.41, 5.74) is 19.4. The summed E-state index contributed by atoms with van der Waals surface area (Å²) in [5.74, 6) is 1.47. The van der Waals surface area contributed by atoms with Crippen LogP contribution < -0.4 is 0 Å². The minimum Gasteiger partial charge on any atom is -0.256 e. The lowest BCUT2D eigenvalue weighted by molar-refractivity contribution is 1.23. The molecule has 5 heterocycles. The van der Waals surface area contributed by atoms with E-state index >= 15 is 0 Å². The molecule has 0 amide bonds. The Hall–Kier alpha value is -12.4. The molecule has 0 N–H and O–H groups in total. The average Bonchev–Trinajstić information content (AvgIpc) is 1.75. The number of hydrogen-bond donors (Lipinski definition) is 0. The van der Waals surface area contributed by atoms with Crippen LogP contribution in [0.3, 0.4) is 0 Å². The molecule has 442 valence electrons. The molecule has 0 spiro atoms. The van der Waals surface area contributed by atoms with Crippen molar-refractivity contribution in [2.75, 3.05) is 0 Å². The van der Waals surface area contributed by atoms with E-state index in [0.717, 1.165) is 138 Å². The first-order valence-corrected chi connectivity index (χ1v) is 32.8. The van der Waals surface area contributed by atoms with Gasteiger partial charge in [0, 0.05) is 71.7 Å². The van der Waals surface area contributed by atoms with Gasteiger partial charge in [-0.05, 0) is 125 Å². The summed E-state index contributed by atoms with van der Waals surface area (Å²) in [6, 6.07) is 111. The van der Waals surface area contributed by atoms with Crippen molar-refractivity contribution in [3.05, 3.63) is 328 Å². The van der Waals surface area contributed by atoms with Crippen LogP contribution in [0, 0.1) is 0 Å². The number of para-hydroxylation sites is 1. The normalized spacial score (nSPS) is 11.6. The number of fused-ring (bicyclic) bond motifs is 12. The number of hydrogen-bond acceptors (Lipinski definition) is 7. The largest absolute Gasteiger partial charge is 0.256 e. The zero-order chi connectivity index (χ0) is 62.8. The molecule has 0 atom stereocenters. The van der Waals surface area contributed by atoms with Gasteiger partial charge in [0.2, 0.25) is 0 Å². The minimum atomic E-state index is 0.727. The maximum absolute atomic E-state index is 5.28. The van der Waals surface area contributed by atoms with Crippen LogP contribution in [0.25, 0.3) is 186 Å². The zero-order valence-electron chi connectivity index (χ0n) is 51.3. The van der Waals surface area contributed by atoms with E-state index in [2.05, 4.69) is 291 Å².